The molecule has 4 heterocycles. The van der Waals surface area contributed by atoms with Crippen molar-refractivity contribution in [2.75, 3.05) is 13.1 Å². The van der Waals surface area contributed by atoms with E-state index in [0.29, 0.717) is 35.7 Å². The van der Waals surface area contributed by atoms with Gasteiger partial charge in [0.2, 0.25) is 0 Å². The summed E-state index contributed by atoms with van der Waals surface area (Å²) in [5, 5.41) is 5.92. The summed E-state index contributed by atoms with van der Waals surface area (Å²) in [6, 6.07) is 8.19. The number of carbonyl (C=O) groups is 2. The SMILES string of the molecule is Cc1cccc(-c2sc(C)nc2C(=O)N2CC3CC(C)C[C@@H]3[C@H]2CNC(=O)c2cn3ccsc3n2)c1. The molecular weight excluding hydrogens is 490 g/mol. The minimum absolute atomic E-state index is 0.0281. The van der Waals surface area contributed by atoms with E-state index >= 15 is 0 Å². The third-order valence-corrected chi connectivity index (χ3v) is 9.38. The molecule has 2 amide bonds. The molecule has 6 rings (SSSR count). The van der Waals surface area contributed by atoms with Crippen LogP contribution in [0.5, 0.6) is 0 Å². The van der Waals surface area contributed by atoms with Crippen LogP contribution in [0.25, 0.3) is 15.4 Å². The molecule has 9 heteroatoms. The standard InChI is InChI=1S/C27H29N5O2S2/c1-15-5-4-6-18(9-15)24-23(29-17(3)36-24)26(34)32-13-19-10-16(2)11-20(19)22(32)12-28-25(33)21-14-31-7-8-35-27(31)30-21/h4-9,14,16,19-20,22H,10-13H2,1-3H3,(H,28,33)/t16?,19?,20-,22+/m0/s1. The Hall–Kier alpha value is -3.04. The van der Waals surface area contributed by atoms with Gasteiger partial charge in [-0.15, -0.1) is 22.7 Å². The maximum absolute atomic E-state index is 14.0. The molecule has 1 aliphatic carbocycles. The lowest BCUT2D eigenvalue weighted by molar-refractivity contribution is 0.0692. The van der Waals surface area contributed by atoms with Crippen LogP contribution in [0.2, 0.25) is 0 Å². The van der Waals surface area contributed by atoms with Gasteiger partial charge in [0, 0.05) is 30.9 Å². The van der Waals surface area contributed by atoms with E-state index in [1.807, 2.05) is 39.9 Å². The van der Waals surface area contributed by atoms with Crippen molar-refractivity contribution in [1.29, 1.82) is 0 Å². The molecule has 2 unspecified atom stereocenters. The Labute approximate surface area is 218 Å². The maximum atomic E-state index is 14.0. The Balaban J connectivity index is 1.26. The van der Waals surface area contributed by atoms with Crippen molar-refractivity contribution in [2.45, 2.75) is 39.7 Å². The van der Waals surface area contributed by atoms with Gasteiger partial charge in [-0.2, -0.15) is 0 Å². The molecule has 0 spiro atoms. The number of likely N-dealkylation sites (tertiary alicyclic amines) is 1. The Morgan fingerprint density at radius 2 is 2.06 bits per heavy atom. The number of carbonyl (C=O) groups excluding carboxylic acids is 2. The number of nitrogens with zero attached hydrogens (tertiary/aromatic N) is 4. The van der Waals surface area contributed by atoms with E-state index in [1.54, 1.807) is 17.5 Å². The molecule has 3 aromatic heterocycles. The summed E-state index contributed by atoms with van der Waals surface area (Å²) in [5.41, 5.74) is 3.12. The first-order chi connectivity index (χ1) is 17.4. The highest BCUT2D eigenvalue weighted by atomic mass is 32.1. The second kappa shape index (κ2) is 9.12. The molecule has 0 bridgehead atoms. The first kappa shape index (κ1) is 23.4. The summed E-state index contributed by atoms with van der Waals surface area (Å²) in [4.78, 5) is 39.8. The van der Waals surface area contributed by atoms with Crippen LogP contribution in [0.15, 0.2) is 42.0 Å². The molecule has 0 radical (unpaired) electrons. The third-order valence-electron chi connectivity index (χ3n) is 7.59. The number of nitrogens with one attached hydrogen (secondary N) is 1. The number of hydrogen-bond acceptors (Lipinski definition) is 6. The smallest absolute Gasteiger partial charge is 0.274 e. The number of thiazole rings is 2. The number of benzene rings is 1. The van der Waals surface area contributed by atoms with Gasteiger partial charge in [0.05, 0.1) is 15.9 Å². The zero-order chi connectivity index (χ0) is 25.0. The third kappa shape index (κ3) is 4.14. The van der Waals surface area contributed by atoms with Crippen LogP contribution >= 0.6 is 22.7 Å². The van der Waals surface area contributed by atoms with E-state index in [0.717, 1.165) is 45.4 Å². The van der Waals surface area contributed by atoms with Crippen molar-refractivity contribution in [1.82, 2.24) is 24.6 Å². The van der Waals surface area contributed by atoms with Gasteiger partial charge in [-0.25, -0.2) is 9.97 Å². The van der Waals surface area contributed by atoms with Crippen molar-refractivity contribution in [3.8, 4) is 10.4 Å². The van der Waals surface area contributed by atoms with Gasteiger partial charge in [0.15, 0.2) is 4.96 Å². The highest BCUT2D eigenvalue weighted by Gasteiger charge is 2.48. The van der Waals surface area contributed by atoms with E-state index < -0.39 is 0 Å². The predicted octanol–water partition coefficient (Wildman–Crippen LogP) is 5.05. The van der Waals surface area contributed by atoms with E-state index in [2.05, 4.69) is 36.3 Å². The lowest BCUT2D eigenvalue weighted by Crippen LogP contribution is -2.46. The van der Waals surface area contributed by atoms with Crippen molar-refractivity contribution >= 4 is 39.4 Å². The lowest BCUT2D eigenvalue weighted by Gasteiger charge is -2.28. The van der Waals surface area contributed by atoms with Crippen molar-refractivity contribution in [3.05, 3.63) is 64.0 Å². The van der Waals surface area contributed by atoms with Crippen molar-refractivity contribution in [3.63, 3.8) is 0 Å². The summed E-state index contributed by atoms with van der Waals surface area (Å²) >= 11 is 3.07. The highest BCUT2D eigenvalue weighted by molar-refractivity contribution is 7.15. The number of fused-ring (bicyclic) bond motifs is 2. The topological polar surface area (TPSA) is 79.6 Å². The molecule has 4 atom stereocenters. The second-order valence-corrected chi connectivity index (χ2v) is 12.3. The number of aromatic nitrogens is 3. The molecular formula is C27H29N5O2S2. The van der Waals surface area contributed by atoms with E-state index in [-0.39, 0.29) is 17.9 Å². The first-order valence-corrected chi connectivity index (χ1v) is 14.1. The zero-order valence-corrected chi connectivity index (χ0v) is 22.2. The quantitative estimate of drug-likeness (QED) is 0.400. The number of amides is 2. The second-order valence-electron chi connectivity index (χ2n) is 10.2. The molecule has 1 saturated heterocycles. The summed E-state index contributed by atoms with van der Waals surface area (Å²) in [6.45, 7) is 7.45. The van der Waals surface area contributed by atoms with Gasteiger partial charge < -0.3 is 10.2 Å². The van der Waals surface area contributed by atoms with Gasteiger partial charge in [-0.3, -0.25) is 14.0 Å². The number of hydrogen-bond donors (Lipinski definition) is 1. The van der Waals surface area contributed by atoms with Crippen LogP contribution in [0.3, 0.4) is 0 Å². The van der Waals surface area contributed by atoms with Crippen LogP contribution in [-0.2, 0) is 0 Å². The monoisotopic (exact) mass is 519 g/mol. The maximum Gasteiger partial charge on any atom is 0.274 e. The van der Waals surface area contributed by atoms with E-state index in [4.69, 9.17) is 4.98 Å². The minimum Gasteiger partial charge on any atom is -0.349 e. The lowest BCUT2D eigenvalue weighted by atomic mass is 9.93. The van der Waals surface area contributed by atoms with Gasteiger partial charge in [0.1, 0.15) is 11.4 Å². The van der Waals surface area contributed by atoms with Crippen LogP contribution in [0.4, 0.5) is 0 Å². The first-order valence-electron chi connectivity index (χ1n) is 12.4. The fourth-order valence-corrected chi connectivity index (χ4v) is 7.66. The van der Waals surface area contributed by atoms with Gasteiger partial charge in [-0.1, -0.05) is 36.8 Å². The molecule has 186 valence electrons. The molecule has 36 heavy (non-hydrogen) atoms. The normalized spacial score (nSPS) is 23.4. The Morgan fingerprint density at radius 1 is 1.19 bits per heavy atom. The summed E-state index contributed by atoms with van der Waals surface area (Å²) in [6.07, 6.45) is 5.85. The van der Waals surface area contributed by atoms with Crippen LogP contribution in [0, 0.1) is 31.6 Å². The molecule has 4 aromatic rings. The fraction of sp³-hybridized carbons (Fsp3) is 0.407. The molecule has 1 N–H and O–H groups in total. The van der Waals surface area contributed by atoms with Crippen molar-refractivity contribution < 1.29 is 9.59 Å². The Kier molecular flexibility index (Phi) is 5.92. The number of aryl methyl sites for hydroxylation is 2. The summed E-state index contributed by atoms with van der Waals surface area (Å²) in [5.74, 6) is 1.26. The largest absolute Gasteiger partial charge is 0.349 e. The molecule has 2 aliphatic rings. The van der Waals surface area contributed by atoms with Gasteiger partial charge in [0.25, 0.3) is 11.8 Å². The highest BCUT2D eigenvalue weighted by Crippen LogP contribution is 2.46. The molecule has 7 nitrogen and oxygen atoms in total. The average molecular weight is 520 g/mol. The minimum atomic E-state index is -0.197. The molecule has 1 aromatic carbocycles. The predicted molar refractivity (Wildman–Crippen MR) is 143 cm³/mol. The fourth-order valence-electron chi connectivity index (χ4n) is 6.06. The molecule has 1 aliphatic heterocycles. The summed E-state index contributed by atoms with van der Waals surface area (Å²) in [7, 11) is 0. The number of imidazole rings is 1. The van der Waals surface area contributed by atoms with Gasteiger partial charge >= 0.3 is 0 Å². The van der Waals surface area contributed by atoms with E-state index in [9.17, 15) is 9.59 Å². The molecule has 2 fully saturated rings. The van der Waals surface area contributed by atoms with Crippen molar-refractivity contribution in [2.24, 2.45) is 17.8 Å². The van der Waals surface area contributed by atoms with E-state index in [1.165, 1.54) is 11.3 Å². The van der Waals surface area contributed by atoms with Gasteiger partial charge in [-0.05, 0) is 50.0 Å². The Morgan fingerprint density at radius 3 is 2.86 bits per heavy atom. The average Bonchev–Trinajstić information content (AvgIpc) is 3.63. The zero-order valence-electron chi connectivity index (χ0n) is 20.6. The Bertz CT molecular complexity index is 1420. The van der Waals surface area contributed by atoms with Crippen LogP contribution in [0.1, 0.15) is 51.3 Å². The van der Waals surface area contributed by atoms with Crippen LogP contribution in [-0.4, -0.2) is 50.2 Å². The number of rotatable bonds is 5. The molecule has 1 saturated carbocycles. The summed E-state index contributed by atoms with van der Waals surface area (Å²) < 4.78 is 1.86. The van der Waals surface area contributed by atoms with Crippen LogP contribution < -0.4 is 5.32 Å².